The largest absolute Gasteiger partial charge is 0.310 e. The topological polar surface area (TPSA) is 3.24 Å². The molecule has 0 N–H and O–H groups in total. The lowest BCUT2D eigenvalue weighted by molar-refractivity contribution is 1.30. The van der Waals surface area contributed by atoms with E-state index in [9.17, 15) is 0 Å². The van der Waals surface area contributed by atoms with Crippen LogP contribution in [0.25, 0.3) is 75.1 Å². The van der Waals surface area contributed by atoms with E-state index in [4.69, 9.17) is 0 Å². The van der Waals surface area contributed by atoms with Crippen LogP contribution in [-0.4, -0.2) is 0 Å². The van der Waals surface area contributed by atoms with Gasteiger partial charge in [0.15, 0.2) is 0 Å². The van der Waals surface area contributed by atoms with Crippen LogP contribution >= 0.6 is 11.3 Å². The highest BCUT2D eigenvalue weighted by atomic mass is 32.1. The van der Waals surface area contributed by atoms with Crippen LogP contribution in [0.4, 0.5) is 17.1 Å². The van der Waals surface area contributed by atoms with Crippen molar-refractivity contribution in [1.82, 2.24) is 0 Å². The molecule has 244 valence electrons. The van der Waals surface area contributed by atoms with Crippen LogP contribution in [-0.2, 0) is 0 Å². The number of benzene rings is 9. The standard InChI is InChI=1S/C50H33NS/c1-3-12-34(13-4-1)36-24-27-41(28-25-36)51(42-29-26-39-32-38(22-23-40(39)33-42)35-14-5-2-6-15-35)46-30-31-48-50(45-19-9-10-21-47(45)52-48)49(46)44-20-11-17-37-16-7-8-18-43(37)44/h1-33H. The Bertz CT molecular complexity index is 2880. The van der Waals surface area contributed by atoms with Crippen molar-refractivity contribution < 1.29 is 0 Å². The molecular weight excluding hydrogens is 647 g/mol. The second-order valence-electron chi connectivity index (χ2n) is 13.3. The molecule has 0 amide bonds. The molecule has 0 aliphatic rings. The average Bonchev–Trinajstić information content (AvgIpc) is 3.60. The first kappa shape index (κ1) is 30.4. The summed E-state index contributed by atoms with van der Waals surface area (Å²) in [4.78, 5) is 2.46. The smallest absolute Gasteiger partial charge is 0.0547 e. The van der Waals surface area contributed by atoms with E-state index in [2.05, 4.69) is 205 Å². The van der Waals surface area contributed by atoms with Crippen molar-refractivity contribution in [3.8, 4) is 33.4 Å². The maximum Gasteiger partial charge on any atom is 0.0547 e. The molecule has 2 heteroatoms. The molecule has 0 bridgehead atoms. The molecule has 10 rings (SSSR count). The van der Waals surface area contributed by atoms with Gasteiger partial charge in [-0.2, -0.15) is 0 Å². The van der Waals surface area contributed by atoms with Gasteiger partial charge in [-0.05, 0) is 97.9 Å². The summed E-state index contributed by atoms with van der Waals surface area (Å²) >= 11 is 1.87. The van der Waals surface area contributed by atoms with Gasteiger partial charge in [-0.3, -0.25) is 0 Å². The zero-order valence-electron chi connectivity index (χ0n) is 28.4. The van der Waals surface area contributed by atoms with E-state index < -0.39 is 0 Å². The highest BCUT2D eigenvalue weighted by Crippen LogP contribution is 2.50. The van der Waals surface area contributed by atoms with Crippen LogP contribution in [0.3, 0.4) is 0 Å². The summed E-state index contributed by atoms with van der Waals surface area (Å²) in [5.74, 6) is 0. The van der Waals surface area contributed by atoms with Crippen molar-refractivity contribution >= 4 is 70.1 Å². The number of hydrogen-bond donors (Lipinski definition) is 0. The van der Waals surface area contributed by atoms with Crippen molar-refractivity contribution in [3.05, 3.63) is 200 Å². The average molecular weight is 680 g/mol. The molecule has 0 saturated heterocycles. The van der Waals surface area contributed by atoms with Crippen molar-refractivity contribution in [2.45, 2.75) is 0 Å². The van der Waals surface area contributed by atoms with Gasteiger partial charge in [0.1, 0.15) is 0 Å². The SMILES string of the molecule is c1ccc(-c2ccc(N(c3ccc4cc(-c5ccccc5)ccc4c3)c3ccc4sc5ccccc5c4c3-c3cccc4ccccc34)cc2)cc1. The van der Waals surface area contributed by atoms with Gasteiger partial charge in [0.25, 0.3) is 0 Å². The summed E-state index contributed by atoms with van der Waals surface area (Å²) in [6.07, 6.45) is 0. The van der Waals surface area contributed by atoms with Crippen molar-refractivity contribution in [2.75, 3.05) is 4.90 Å². The van der Waals surface area contributed by atoms with E-state index in [1.54, 1.807) is 0 Å². The Hall–Kier alpha value is -6.48. The third kappa shape index (κ3) is 5.24. The molecule has 0 spiro atoms. The summed E-state index contributed by atoms with van der Waals surface area (Å²) < 4.78 is 2.59. The lowest BCUT2D eigenvalue weighted by Crippen LogP contribution is -2.11. The zero-order valence-corrected chi connectivity index (χ0v) is 29.2. The number of thiophene rings is 1. The number of nitrogens with zero attached hydrogens (tertiary/aromatic N) is 1. The van der Waals surface area contributed by atoms with Crippen LogP contribution in [0.5, 0.6) is 0 Å². The Balaban J connectivity index is 1.24. The fourth-order valence-corrected chi connectivity index (χ4v) is 8.86. The molecule has 0 aliphatic carbocycles. The molecule has 52 heavy (non-hydrogen) atoms. The van der Waals surface area contributed by atoms with Gasteiger partial charge in [0.2, 0.25) is 0 Å². The van der Waals surface area contributed by atoms with Crippen molar-refractivity contribution in [3.63, 3.8) is 0 Å². The van der Waals surface area contributed by atoms with Gasteiger partial charge in [-0.15, -0.1) is 11.3 Å². The lowest BCUT2D eigenvalue weighted by atomic mass is 9.92. The Morgan fingerprint density at radius 1 is 0.346 bits per heavy atom. The van der Waals surface area contributed by atoms with Gasteiger partial charge in [0.05, 0.1) is 5.69 Å². The number of fused-ring (bicyclic) bond motifs is 5. The van der Waals surface area contributed by atoms with Crippen LogP contribution in [0.1, 0.15) is 0 Å². The summed E-state index contributed by atoms with van der Waals surface area (Å²) in [5, 5.41) is 7.50. The summed E-state index contributed by atoms with van der Waals surface area (Å²) in [7, 11) is 0. The normalized spacial score (nSPS) is 11.5. The van der Waals surface area contributed by atoms with Crippen LogP contribution in [0, 0.1) is 0 Å². The monoisotopic (exact) mass is 679 g/mol. The Labute approximate surface area is 307 Å². The fraction of sp³-hybridized carbons (Fsp3) is 0. The Morgan fingerprint density at radius 2 is 0.942 bits per heavy atom. The number of hydrogen-bond acceptors (Lipinski definition) is 2. The molecule has 0 radical (unpaired) electrons. The molecule has 0 fully saturated rings. The number of rotatable bonds is 6. The van der Waals surface area contributed by atoms with Crippen molar-refractivity contribution in [1.29, 1.82) is 0 Å². The van der Waals surface area contributed by atoms with Crippen molar-refractivity contribution in [2.24, 2.45) is 0 Å². The minimum atomic E-state index is 1.11. The molecule has 1 heterocycles. The van der Waals surface area contributed by atoms with E-state index in [1.807, 2.05) is 11.3 Å². The highest BCUT2D eigenvalue weighted by molar-refractivity contribution is 7.26. The quantitative estimate of drug-likeness (QED) is 0.169. The zero-order chi connectivity index (χ0) is 34.4. The Morgan fingerprint density at radius 3 is 1.75 bits per heavy atom. The predicted molar refractivity (Wildman–Crippen MR) is 225 cm³/mol. The second kappa shape index (κ2) is 12.7. The van der Waals surface area contributed by atoms with Crippen LogP contribution in [0.2, 0.25) is 0 Å². The maximum atomic E-state index is 2.46. The molecule has 9 aromatic carbocycles. The molecule has 0 saturated carbocycles. The van der Waals surface area contributed by atoms with E-state index >= 15 is 0 Å². The fourth-order valence-electron chi connectivity index (χ4n) is 7.75. The minimum Gasteiger partial charge on any atom is -0.310 e. The maximum absolute atomic E-state index is 2.46. The van der Waals surface area contributed by atoms with Crippen LogP contribution < -0.4 is 4.90 Å². The second-order valence-corrected chi connectivity index (χ2v) is 14.4. The third-order valence-corrected chi connectivity index (χ3v) is 11.4. The Kier molecular flexibility index (Phi) is 7.41. The highest BCUT2D eigenvalue weighted by Gasteiger charge is 2.23. The molecule has 0 aliphatic heterocycles. The first-order valence-corrected chi connectivity index (χ1v) is 18.6. The molecule has 1 aromatic heterocycles. The molecular formula is C50H33NS. The summed E-state index contributed by atoms with van der Waals surface area (Å²) in [5.41, 5.74) is 10.7. The van der Waals surface area contributed by atoms with Gasteiger partial charge in [0, 0.05) is 37.1 Å². The first-order valence-electron chi connectivity index (χ1n) is 17.8. The number of anilines is 3. The van der Waals surface area contributed by atoms with Gasteiger partial charge in [-0.25, -0.2) is 0 Å². The van der Waals surface area contributed by atoms with Gasteiger partial charge in [-0.1, -0.05) is 152 Å². The lowest BCUT2D eigenvalue weighted by Gasteiger charge is -2.29. The minimum absolute atomic E-state index is 1.11. The van der Waals surface area contributed by atoms with E-state index in [0.29, 0.717) is 0 Å². The molecule has 0 atom stereocenters. The van der Waals surface area contributed by atoms with Gasteiger partial charge < -0.3 is 4.90 Å². The third-order valence-electron chi connectivity index (χ3n) is 10.2. The molecule has 0 unspecified atom stereocenters. The van der Waals surface area contributed by atoms with E-state index in [1.165, 1.54) is 75.1 Å². The first-order chi connectivity index (χ1) is 25.8. The summed E-state index contributed by atoms with van der Waals surface area (Å²) in [6.45, 7) is 0. The van der Waals surface area contributed by atoms with Crippen LogP contribution in [0.15, 0.2) is 200 Å². The predicted octanol–water partition coefficient (Wildman–Crippen LogP) is 14.8. The molecule has 1 nitrogen and oxygen atoms in total. The summed E-state index contributed by atoms with van der Waals surface area (Å²) in [6, 6.07) is 73.0. The van der Waals surface area contributed by atoms with E-state index in [0.717, 1.165) is 17.1 Å². The van der Waals surface area contributed by atoms with Gasteiger partial charge >= 0.3 is 0 Å². The molecule has 10 aromatic rings. The van der Waals surface area contributed by atoms with E-state index in [-0.39, 0.29) is 0 Å².